The number of thiophene rings is 1. The van der Waals surface area contributed by atoms with Crippen LogP contribution in [0.15, 0.2) is 236 Å². The van der Waals surface area contributed by atoms with Gasteiger partial charge in [-0.25, -0.2) is 4.98 Å². The van der Waals surface area contributed by atoms with Gasteiger partial charge in [-0.2, -0.15) is 5.10 Å². The maximum absolute atomic E-state index is 12.8. The number of anilines is 10. The number of nitrogens with one attached hydrogen (secondary N) is 13. The fraction of sp³-hybridized carbons (Fsp3) is 0.204. The van der Waals surface area contributed by atoms with Crippen molar-refractivity contribution >= 4 is 208 Å². The molecular formula is C98H91N35O6S6. The van der Waals surface area contributed by atoms with Crippen LogP contribution in [0.25, 0.3) is 107 Å². The third-order valence-corrected chi connectivity index (χ3v) is 29.8. The highest BCUT2D eigenvalue weighted by Gasteiger charge is 2.29. The van der Waals surface area contributed by atoms with Crippen LogP contribution < -0.4 is 77.7 Å². The van der Waals surface area contributed by atoms with E-state index in [1.807, 2.05) is 146 Å². The first kappa shape index (κ1) is 95.0. The number of piperazine rings is 5. The third-order valence-electron chi connectivity index (χ3n) is 24.1. The summed E-state index contributed by atoms with van der Waals surface area (Å²) in [7, 11) is 0. The maximum Gasteiger partial charge on any atom is 0.286 e. The summed E-state index contributed by atoms with van der Waals surface area (Å²) < 4.78 is 6.77. The lowest BCUT2D eigenvalue weighted by Crippen LogP contribution is -2.43. The number of amides is 5. The van der Waals surface area contributed by atoms with Crippen molar-refractivity contribution in [1.29, 1.82) is 0 Å². The molecule has 145 heavy (non-hydrogen) atoms. The van der Waals surface area contributed by atoms with Gasteiger partial charge >= 0.3 is 0 Å². The fourth-order valence-electron chi connectivity index (χ4n) is 17.0. The number of carbonyl (C=O) groups excluding carboxylic acids is 5. The zero-order chi connectivity index (χ0) is 98.2. The number of nitrogens with zero attached hydrogens (tertiary/aromatic N) is 22. The summed E-state index contributed by atoms with van der Waals surface area (Å²) in [5.74, 6) is -0.862. The van der Waals surface area contributed by atoms with Gasteiger partial charge in [-0.3, -0.25) is 54.0 Å². The van der Waals surface area contributed by atoms with Gasteiger partial charge in [0.05, 0.1) is 110 Å². The molecule has 5 aromatic carbocycles. The first-order valence-electron chi connectivity index (χ1n) is 46.6. The minimum atomic E-state index is -0.311. The number of aromatic amines is 3. The number of pyridine rings is 5. The van der Waals surface area contributed by atoms with Crippen molar-refractivity contribution in [3.05, 3.63) is 257 Å². The molecule has 730 valence electrons. The van der Waals surface area contributed by atoms with Gasteiger partial charge in [0.2, 0.25) is 25.0 Å². The van der Waals surface area contributed by atoms with Crippen molar-refractivity contribution in [3.8, 4) is 53.2 Å². The SMILES string of the molecule is O=C(Nc1cnccc1N1CCNCC1)c1nnc(-c2c[nH]c3ccccc23)s1.O=C(Nc1cnccc1N1CCNCC1)c1nnc(-c2coc3ccccc23)s1.O=C(Nc1cnccc1N1CCNCC1)c1nnc(-c2csc3ccccc23)s1.O=C(Nc1cnccc1N1CCNCC1)c1nnc(-c2n[nH]c3ccccc23)s1.O=C(Nc1cnccc1N1CCNCC1)c1nnc(-c2nc3ccccc3[nH]2)s1. The third kappa shape index (κ3) is 22.1. The van der Waals surface area contributed by atoms with E-state index in [4.69, 9.17) is 4.42 Å². The number of hydrogen-bond donors (Lipinski definition) is 13. The van der Waals surface area contributed by atoms with Crippen molar-refractivity contribution < 1.29 is 28.4 Å². The van der Waals surface area contributed by atoms with E-state index in [0.717, 1.165) is 230 Å². The summed E-state index contributed by atoms with van der Waals surface area (Å²) in [6.45, 7) is 18.0. The Labute approximate surface area is 850 Å². The van der Waals surface area contributed by atoms with Crippen LogP contribution in [0.3, 0.4) is 0 Å². The largest absolute Gasteiger partial charge is 0.464 e. The second-order valence-electron chi connectivity index (χ2n) is 33.2. The molecule has 20 aromatic rings. The molecule has 15 aromatic heterocycles. The average molecular weight is 2050 g/mol. The molecule has 47 heteroatoms. The van der Waals surface area contributed by atoms with Gasteiger partial charge in [-0.15, -0.1) is 62.3 Å². The van der Waals surface area contributed by atoms with E-state index in [1.165, 1.54) is 61.4 Å². The normalized spacial score (nSPS) is 14.3. The van der Waals surface area contributed by atoms with E-state index in [0.29, 0.717) is 75.0 Å². The Bertz CT molecular complexity index is 7170. The van der Waals surface area contributed by atoms with E-state index >= 15 is 0 Å². The number of carbonyl (C=O) groups is 5. The van der Waals surface area contributed by atoms with Crippen LogP contribution in [0.2, 0.25) is 0 Å². The van der Waals surface area contributed by atoms with Gasteiger partial charge in [0.1, 0.15) is 27.6 Å². The van der Waals surface area contributed by atoms with Gasteiger partial charge in [0.15, 0.2) is 20.8 Å². The molecule has 0 radical (unpaired) electrons. The minimum absolute atomic E-state index is 0.266. The van der Waals surface area contributed by atoms with Crippen LogP contribution in [0.1, 0.15) is 49.0 Å². The Kier molecular flexibility index (Phi) is 29.4. The van der Waals surface area contributed by atoms with Crippen molar-refractivity contribution in [1.82, 2.24) is 128 Å². The van der Waals surface area contributed by atoms with Gasteiger partial charge in [0.25, 0.3) is 29.5 Å². The van der Waals surface area contributed by atoms with Gasteiger partial charge in [-0.05, 0) is 66.7 Å². The molecule has 0 aliphatic carbocycles. The quantitative estimate of drug-likeness (QED) is 0.0337. The van der Waals surface area contributed by atoms with Crippen molar-refractivity contribution in [2.24, 2.45) is 0 Å². The highest BCUT2D eigenvalue weighted by molar-refractivity contribution is 7.20. The zero-order valence-corrected chi connectivity index (χ0v) is 82.2. The molecule has 25 rings (SSSR count). The predicted molar refractivity (Wildman–Crippen MR) is 569 cm³/mol. The molecule has 5 amide bonds. The van der Waals surface area contributed by atoms with E-state index in [-0.39, 0.29) is 39.6 Å². The van der Waals surface area contributed by atoms with Gasteiger partial charge < -0.3 is 92.1 Å². The zero-order valence-electron chi connectivity index (χ0n) is 77.3. The maximum atomic E-state index is 12.8. The van der Waals surface area contributed by atoms with Crippen LogP contribution in [0.4, 0.5) is 56.9 Å². The highest BCUT2D eigenvalue weighted by atomic mass is 32.1. The summed E-state index contributed by atoms with van der Waals surface area (Å²) in [6, 6.07) is 49.0. The number of benzene rings is 5. The lowest BCUT2D eigenvalue weighted by Gasteiger charge is -2.30. The summed E-state index contributed by atoms with van der Waals surface area (Å²) >= 11 is 7.89. The predicted octanol–water partition coefficient (Wildman–Crippen LogP) is 13.5. The number of fused-ring (bicyclic) bond motifs is 5. The molecule has 5 saturated heterocycles. The minimum Gasteiger partial charge on any atom is -0.464 e. The molecule has 41 nitrogen and oxygen atoms in total. The monoisotopic (exact) mass is 2050 g/mol. The Morgan fingerprint density at radius 3 is 1.11 bits per heavy atom. The number of H-pyrrole nitrogens is 3. The summed E-state index contributed by atoms with van der Waals surface area (Å²) in [4.78, 5) is 107. The van der Waals surface area contributed by atoms with E-state index < -0.39 is 0 Å². The summed E-state index contributed by atoms with van der Waals surface area (Å²) in [5, 5.41) is 91.1. The van der Waals surface area contributed by atoms with Crippen LogP contribution in [-0.4, -0.2) is 261 Å². The number of hydrogen-bond acceptors (Lipinski definition) is 39. The highest BCUT2D eigenvalue weighted by Crippen LogP contribution is 2.40. The van der Waals surface area contributed by atoms with E-state index in [1.54, 1.807) is 79.6 Å². The van der Waals surface area contributed by atoms with Crippen LogP contribution in [-0.2, 0) is 0 Å². The Morgan fingerprint density at radius 1 is 0.324 bits per heavy atom. The smallest absolute Gasteiger partial charge is 0.286 e. The number of rotatable bonds is 20. The van der Waals surface area contributed by atoms with Crippen molar-refractivity contribution in [3.63, 3.8) is 0 Å². The van der Waals surface area contributed by atoms with Gasteiger partial charge in [0, 0.05) is 216 Å². The Morgan fingerprint density at radius 2 is 0.669 bits per heavy atom. The van der Waals surface area contributed by atoms with Crippen LogP contribution >= 0.6 is 68.0 Å². The molecule has 0 spiro atoms. The molecule has 0 atom stereocenters. The lowest BCUT2D eigenvalue weighted by atomic mass is 10.2. The number of para-hydroxylation sites is 5. The molecular weight excluding hydrogens is 1960 g/mol. The molecule has 20 heterocycles. The lowest BCUT2D eigenvalue weighted by molar-refractivity contribution is 0.101. The number of furan rings is 1. The molecule has 5 aliphatic heterocycles. The van der Waals surface area contributed by atoms with Crippen molar-refractivity contribution in [2.75, 3.05) is 182 Å². The standard InChI is InChI=1S/C20H19N7OS.C20H18N6O2S.C20H18N6OS2.2C19H18N8OS/c28-18(24-16-12-22-6-5-17(16)27-9-7-21-8-10-27)20-26-25-19(29-20)14-11-23-15-4-2-1-3-13(14)15;2*27-18(23-15-11-22-6-5-16(15)26-9-7-21-8-10-26)20-25-24-19(29-20)14-12-28-17-4-2-1-3-13(14)17;28-17(24-14-11-21-6-5-15(14)27-9-7-20-8-10-27)19-26-25-18(29-19)16-22-12-3-1-2-4-13(12)23-16;28-17(22-14-11-21-6-5-15(14)27-9-7-20-8-10-27)19-26-25-18(29-19)16-12-3-1-2-4-13(12)23-24-16/h1-6,11-12,21,23H,7-10H2,(H,24,28);2*1-6,11-12,21H,7-10H2,(H,23,27);1-6,11,20H,7-10H2,(H,22,23)(H,24,28);1-6,11,20H,7-10H2,(H,22,28)(H,23,24). The topological polar surface area (TPSA) is 501 Å². The first-order chi connectivity index (χ1) is 71.4. The number of aromatic nitrogens is 20. The van der Waals surface area contributed by atoms with E-state index in [2.05, 4.69) is 196 Å². The van der Waals surface area contributed by atoms with E-state index in [9.17, 15) is 24.0 Å². The van der Waals surface area contributed by atoms with Crippen LogP contribution in [0.5, 0.6) is 0 Å². The molecule has 0 bridgehead atoms. The first-order valence-corrected chi connectivity index (χ1v) is 51.5. The summed E-state index contributed by atoms with van der Waals surface area (Å²) in [5.41, 5.74) is 16.2. The average Bonchev–Trinajstić information content (AvgIpc) is 1.65. The van der Waals surface area contributed by atoms with Gasteiger partial charge in [-0.1, -0.05) is 142 Å². The summed E-state index contributed by atoms with van der Waals surface area (Å²) in [6.07, 6.45) is 20.6. The van der Waals surface area contributed by atoms with Crippen LogP contribution in [0, 0.1) is 0 Å². The van der Waals surface area contributed by atoms with Crippen molar-refractivity contribution in [2.45, 2.75) is 0 Å². The molecule has 5 fully saturated rings. The second kappa shape index (κ2) is 44.9. The molecule has 13 N–H and O–H groups in total. The second-order valence-corrected chi connectivity index (χ2v) is 39.0. The molecule has 5 aliphatic rings. The molecule has 0 unspecified atom stereocenters. The molecule has 0 saturated carbocycles. The fourth-order valence-corrected chi connectivity index (χ4v) is 21.8. The Hall–Kier alpha value is -16.2. The Balaban J connectivity index is 0.000000107. The number of imidazole rings is 1.